The van der Waals surface area contributed by atoms with E-state index in [1.54, 1.807) is 25.3 Å². The molecule has 136 valence electrons. The lowest BCUT2D eigenvalue weighted by Crippen LogP contribution is -2.16. The summed E-state index contributed by atoms with van der Waals surface area (Å²) in [5, 5.41) is 16.8. The van der Waals surface area contributed by atoms with Crippen LogP contribution in [-0.2, 0) is 24.4 Å². The highest BCUT2D eigenvalue weighted by Gasteiger charge is 2.16. The highest BCUT2D eigenvalue weighted by atomic mass is 16.5. The molecule has 0 aliphatic carbocycles. The molecular weight excluding hydrogens is 318 g/mol. The van der Waals surface area contributed by atoms with Gasteiger partial charge < -0.3 is 15.2 Å². The van der Waals surface area contributed by atoms with Crippen LogP contribution in [0.5, 0.6) is 5.75 Å². The second kappa shape index (κ2) is 8.16. The number of carbonyl (C=O) groups is 1. The zero-order valence-electron chi connectivity index (χ0n) is 15.6. The molecule has 0 aliphatic rings. The highest BCUT2D eigenvalue weighted by molar-refractivity contribution is 5.92. The summed E-state index contributed by atoms with van der Waals surface area (Å²) in [6.07, 6.45) is 0.274. The number of hydrogen-bond acceptors (Lipinski definition) is 4. The molecule has 2 N–H and O–H groups in total. The third kappa shape index (κ3) is 4.60. The maximum atomic E-state index is 12.4. The summed E-state index contributed by atoms with van der Waals surface area (Å²) in [7, 11) is 1.55. The topological polar surface area (TPSA) is 76.4 Å². The van der Waals surface area contributed by atoms with Crippen molar-refractivity contribution >= 4 is 11.6 Å². The minimum Gasteiger partial charge on any atom is -0.496 e. The summed E-state index contributed by atoms with van der Waals surface area (Å²) in [5.74, 6) is 0.988. The Bertz CT molecular complexity index is 751. The molecule has 0 radical (unpaired) electrons. The van der Waals surface area contributed by atoms with Crippen molar-refractivity contribution in [1.29, 1.82) is 0 Å². The molecule has 25 heavy (non-hydrogen) atoms. The molecule has 2 aromatic rings. The van der Waals surface area contributed by atoms with Crippen LogP contribution in [0.4, 0.5) is 5.69 Å². The fourth-order valence-corrected chi connectivity index (χ4v) is 2.86. The van der Waals surface area contributed by atoms with Crippen molar-refractivity contribution in [2.24, 2.45) is 5.92 Å². The van der Waals surface area contributed by atoms with E-state index in [4.69, 9.17) is 4.74 Å². The lowest BCUT2D eigenvalue weighted by atomic mass is 10.1. The van der Waals surface area contributed by atoms with E-state index in [0.29, 0.717) is 22.9 Å². The Hall–Kier alpha value is -2.34. The second-order valence-corrected chi connectivity index (χ2v) is 6.64. The van der Waals surface area contributed by atoms with Crippen LogP contribution in [0.2, 0.25) is 0 Å². The second-order valence-electron chi connectivity index (χ2n) is 6.64. The van der Waals surface area contributed by atoms with Crippen molar-refractivity contribution in [2.45, 2.75) is 47.3 Å². The molecule has 0 saturated heterocycles. The number of ether oxygens (including phenoxy) is 1. The van der Waals surface area contributed by atoms with Gasteiger partial charge in [-0.25, -0.2) is 0 Å². The number of nitrogens with zero attached hydrogens (tertiary/aromatic N) is 2. The van der Waals surface area contributed by atoms with Crippen LogP contribution in [0.25, 0.3) is 0 Å². The zero-order chi connectivity index (χ0) is 18.6. The van der Waals surface area contributed by atoms with Crippen LogP contribution in [-0.4, -0.2) is 27.9 Å². The lowest BCUT2D eigenvalue weighted by Gasteiger charge is -2.11. The first-order chi connectivity index (χ1) is 11.8. The van der Waals surface area contributed by atoms with Gasteiger partial charge >= 0.3 is 0 Å². The largest absolute Gasteiger partial charge is 0.496 e. The molecule has 0 bridgehead atoms. The first-order valence-electron chi connectivity index (χ1n) is 8.46. The monoisotopic (exact) mass is 345 g/mol. The third-order valence-electron chi connectivity index (χ3n) is 4.14. The average Bonchev–Trinajstić information content (AvgIpc) is 2.81. The third-order valence-corrected chi connectivity index (χ3v) is 4.14. The van der Waals surface area contributed by atoms with E-state index in [1.807, 2.05) is 18.5 Å². The number of aliphatic hydroxyl groups is 1. The highest BCUT2D eigenvalue weighted by Crippen LogP contribution is 2.23. The molecule has 1 aromatic carbocycles. The maximum Gasteiger partial charge on any atom is 0.228 e. The van der Waals surface area contributed by atoms with Crippen molar-refractivity contribution in [1.82, 2.24) is 9.78 Å². The predicted molar refractivity (Wildman–Crippen MR) is 97.8 cm³/mol. The molecule has 0 saturated carbocycles. The fraction of sp³-hybridized carbons (Fsp3) is 0.474. The molecule has 0 spiro atoms. The molecule has 0 fully saturated rings. The molecular formula is C19H27N3O3. The van der Waals surface area contributed by atoms with Gasteiger partial charge in [-0.1, -0.05) is 13.8 Å². The van der Waals surface area contributed by atoms with Gasteiger partial charge in [-0.3, -0.25) is 9.48 Å². The summed E-state index contributed by atoms with van der Waals surface area (Å²) >= 11 is 0. The summed E-state index contributed by atoms with van der Waals surface area (Å²) in [5.41, 5.74) is 4.16. The van der Waals surface area contributed by atoms with Crippen LogP contribution in [0.15, 0.2) is 18.2 Å². The summed E-state index contributed by atoms with van der Waals surface area (Å²) in [6.45, 7) is 8.92. The van der Waals surface area contributed by atoms with Crippen molar-refractivity contribution in [3.8, 4) is 5.75 Å². The summed E-state index contributed by atoms with van der Waals surface area (Å²) in [6, 6.07) is 5.22. The zero-order valence-corrected chi connectivity index (χ0v) is 15.6. The number of hydrogen-bond donors (Lipinski definition) is 2. The molecule has 1 aromatic heterocycles. The first-order valence-corrected chi connectivity index (χ1v) is 8.46. The molecule has 1 heterocycles. The molecule has 6 nitrogen and oxygen atoms in total. The summed E-state index contributed by atoms with van der Waals surface area (Å²) in [4.78, 5) is 12.4. The van der Waals surface area contributed by atoms with E-state index >= 15 is 0 Å². The quantitative estimate of drug-likeness (QED) is 0.809. The number of methoxy groups -OCH3 is 1. The van der Waals surface area contributed by atoms with Gasteiger partial charge in [0.2, 0.25) is 5.91 Å². The molecule has 2 rings (SSSR count). The Balaban J connectivity index is 2.12. The Morgan fingerprint density at radius 2 is 2.08 bits per heavy atom. The molecule has 0 unspecified atom stereocenters. The molecule has 1 amide bonds. The van der Waals surface area contributed by atoms with E-state index in [-0.39, 0.29) is 18.9 Å². The van der Waals surface area contributed by atoms with Gasteiger partial charge in [0.25, 0.3) is 0 Å². The minimum atomic E-state index is -0.146. The van der Waals surface area contributed by atoms with Crippen molar-refractivity contribution < 1.29 is 14.6 Å². The van der Waals surface area contributed by atoms with Gasteiger partial charge in [0.05, 0.1) is 25.8 Å². The van der Waals surface area contributed by atoms with Gasteiger partial charge in [-0.05, 0) is 38.0 Å². The number of benzene rings is 1. The number of carbonyl (C=O) groups excluding carboxylic acids is 1. The number of aliphatic hydroxyl groups excluding tert-OH is 1. The Labute approximate surface area is 148 Å². The van der Waals surface area contributed by atoms with Gasteiger partial charge in [0.1, 0.15) is 5.75 Å². The van der Waals surface area contributed by atoms with Gasteiger partial charge in [-0.2, -0.15) is 5.10 Å². The number of amides is 1. The van der Waals surface area contributed by atoms with Crippen LogP contribution in [0, 0.1) is 19.8 Å². The van der Waals surface area contributed by atoms with Crippen LogP contribution < -0.4 is 10.1 Å². The van der Waals surface area contributed by atoms with Crippen molar-refractivity contribution in [3.63, 3.8) is 0 Å². The Morgan fingerprint density at radius 3 is 2.68 bits per heavy atom. The van der Waals surface area contributed by atoms with Crippen LogP contribution >= 0.6 is 0 Å². The SMILES string of the molecule is COc1ccc(NC(=O)Cc2c(C)nn(CC(C)C)c2C)cc1CO. The van der Waals surface area contributed by atoms with E-state index in [2.05, 4.69) is 24.3 Å². The number of anilines is 1. The maximum absolute atomic E-state index is 12.4. The van der Waals surface area contributed by atoms with E-state index in [0.717, 1.165) is 23.5 Å². The predicted octanol–water partition coefficient (Wildman–Crippen LogP) is 2.84. The first kappa shape index (κ1) is 19.0. The van der Waals surface area contributed by atoms with Gasteiger partial charge in [-0.15, -0.1) is 0 Å². The minimum absolute atomic E-state index is 0.107. The average molecular weight is 345 g/mol. The van der Waals surface area contributed by atoms with Crippen molar-refractivity contribution in [3.05, 3.63) is 40.7 Å². The van der Waals surface area contributed by atoms with Gasteiger partial charge in [0.15, 0.2) is 0 Å². The Morgan fingerprint density at radius 1 is 1.36 bits per heavy atom. The molecule has 0 atom stereocenters. The number of aryl methyl sites for hydroxylation is 1. The smallest absolute Gasteiger partial charge is 0.228 e. The number of nitrogens with one attached hydrogen (secondary N) is 1. The van der Waals surface area contributed by atoms with Gasteiger partial charge in [0, 0.05) is 29.1 Å². The number of rotatable bonds is 7. The van der Waals surface area contributed by atoms with Crippen LogP contribution in [0.1, 0.15) is 36.4 Å². The molecule has 0 aliphatic heterocycles. The normalized spacial score (nSPS) is 11.0. The van der Waals surface area contributed by atoms with E-state index in [1.165, 1.54) is 0 Å². The van der Waals surface area contributed by atoms with Crippen molar-refractivity contribution in [2.75, 3.05) is 12.4 Å². The molecule has 6 heteroatoms. The summed E-state index contributed by atoms with van der Waals surface area (Å²) < 4.78 is 7.15. The standard InChI is InChI=1S/C19H27N3O3/c1-12(2)10-22-14(4)17(13(3)21-22)9-19(24)20-16-6-7-18(25-5)15(8-16)11-23/h6-8,12,23H,9-11H2,1-5H3,(H,20,24). The Kier molecular flexibility index (Phi) is 6.20. The van der Waals surface area contributed by atoms with E-state index in [9.17, 15) is 9.90 Å². The van der Waals surface area contributed by atoms with Crippen LogP contribution in [0.3, 0.4) is 0 Å². The van der Waals surface area contributed by atoms with E-state index < -0.39 is 0 Å². The lowest BCUT2D eigenvalue weighted by molar-refractivity contribution is -0.115. The number of aromatic nitrogens is 2. The fourth-order valence-electron chi connectivity index (χ4n) is 2.86.